The molecule has 0 aliphatic rings. The number of fused-ring (bicyclic) bond motifs is 1. The molecule has 0 fully saturated rings. The van der Waals surface area contributed by atoms with Crippen LogP contribution in [0.3, 0.4) is 0 Å². The van der Waals surface area contributed by atoms with Crippen LogP contribution in [-0.2, 0) is 11.3 Å². The first-order chi connectivity index (χ1) is 9.58. The minimum absolute atomic E-state index is 0.166. The van der Waals surface area contributed by atoms with Crippen LogP contribution in [0, 0.1) is 0 Å². The number of oxazole rings is 1. The molecule has 0 saturated carbocycles. The third-order valence-electron chi connectivity index (χ3n) is 3.21. The lowest BCUT2D eigenvalue weighted by atomic mass is 10.3. The largest absolute Gasteiger partial charge is 0.481 e. The zero-order chi connectivity index (χ0) is 14.5. The maximum Gasteiger partial charge on any atom is 0.419 e. The van der Waals surface area contributed by atoms with Gasteiger partial charge in [-0.3, -0.25) is 9.36 Å². The van der Waals surface area contributed by atoms with Crippen molar-refractivity contribution < 1.29 is 14.3 Å². The van der Waals surface area contributed by atoms with Crippen LogP contribution in [-0.4, -0.2) is 40.7 Å². The lowest BCUT2D eigenvalue weighted by Crippen LogP contribution is -2.27. The molecule has 1 heterocycles. The fourth-order valence-electron chi connectivity index (χ4n) is 2.11. The standard InChI is InChI=1S/C14H18N2O4/c1-15(8-4-7-13(17)18)9-10-16-11-5-2-3-6-12(11)20-14(16)19/h2-3,5-6H,4,7-10H2,1H3,(H,17,18). The Labute approximate surface area is 116 Å². The summed E-state index contributed by atoms with van der Waals surface area (Å²) in [5.74, 6) is -1.14. The van der Waals surface area contributed by atoms with Gasteiger partial charge in [-0.05, 0) is 32.1 Å². The van der Waals surface area contributed by atoms with Crippen LogP contribution < -0.4 is 5.76 Å². The van der Waals surface area contributed by atoms with E-state index in [1.807, 2.05) is 30.1 Å². The molecule has 0 radical (unpaired) electrons. The lowest BCUT2D eigenvalue weighted by molar-refractivity contribution is -0.137. The van der Waals surface area contributed by atoms with E-state index in [0.717, 1.165) is 5.52 Å². The van der Waals surface area contributed by atoms with Crippen molar-refractivity contribution >= 4 is 17.1 Å². The summed E-state index contributed by atoms with van der Waals surface area (Å²) in [5, 5.41) is 8.58. The van der Waals surface area contributed by atoms with E-state index < -0.39 is 5.97 Å². The molecule has 1 aromatic carbocycles. The van der Waals surface area contributed by atoms with Gasteiger partial charge in [0.15, 0.2) is 5.58 Å². The van der Waals surface area contributed by atoms with Crippen LogP contribution in [0.4, 0.5) is 0 Å². The van der Waals surface area contributed by atoms with Gasteiger partial charge >= 0.3 is 11.7 Å². The second-order valence-corrected chi connectivity index (χ2v) is 4.79. The molecule has 0 atom stereocenters. The Morgan fingerprint density at radius 2 is 2.10 bits per heavy atom. The van der Waals surface area contributed by atoms with Crippen molar-refractivity contribution in [3.05, 3.63) is 34.8 Å². The van der Waals surface area contributed by atoms with Gasteiger partial charge in [0.2, 0.25) is 0 Å². The highest BCUT2D eigenvalue weighted by Crippen LogP contribution is 2.11. The number of hydrogen-bond donors (Lipinski definition) is 1. The number of carboxylic acids is 1. The molecule has 0 unspecified atom stereocenters. The highest BCUT2D eigenvalue weighted by molar-refractivity contribution is 5.72. The number of likely N-dealkylation sites (N-methyl/N-ethyl adjacent to an activating group) is 1. The Morgan fingerprint density at radius 3 is 2.85 bits per heavy atom. The average Bonchev–Trinajstić information content (AvgIpc) is 2.71. The summed E-state index contributed by atoms with van der Waals surface area (Å²) in [4.78, 5) is 24.2. The lowest BCUT2D eigenvalue weighted by Gasteiger charge is -2.15. The number of para-hydroxylation sites is 2. The van der Waals surface area contributed by atoms with Crippen molar-refractivity contribution in [1.82, 2.24) is 9.47 Å². The molecule has 0 bridgehead atoms. The van der Waals surface area contributed by atoms with Crippen LogP contribution >= 0.6 is 0 Å². The van der Waals surface area contributed by atoms with Crippen molar-refractivity contribution in [3.63, 3.8) is 0 Å². The Balaban J connectivity index is 1.94. The van der Waals surface area contributed by atoms with E-state index in [9.17, 15) is 9.59 Å². The molecule has 0 spiro atoms. The second kappa shape index (κ2) is 6.38. The minimum Gasteiger partial charge on any atom is -0.481 e. The number of carboxylic acid groups (broad SMARTS) is 1. The second-order valence-electron chi connectivity index (χ2n) is 4.79. The Morgan fingerprint density at radius 1 is 1.35 bits per heavy atom. The van der Waals surface area contributed by atoms with E-state index in [1.165, 1.54) is 0 Å². The van der Waals surface area contributed by atoms with Gasteiger partial charge in [-0.15, -0.1) is 0 Å². The fraction of sp³-hybridized carbons (Fsp3) is 0.429. The summed E-state index contributed by atoms with van der Waals surface area (Å²) in [7, 11) is 1.91. The van der Waals surface area contributed by atoms with Gasteiger partial charge in [-0.2, -0.15) is 0 Å². The molecule has 0 amide bonds. The van der Waals surface area contributed by atoms with Gasteiger partial charge in [0.1, 0.15) is 0 Å². The number of aromatic nitrogens is 1. The Hall–Kier alpha value is -2.08. The predicted molar refractivity (Wildman–Crippen MR) is 74.8 cm³/mol. The smallest absolute Gasteiger partial charge is 0.419 e. The number of rotatable bonds is 7. The molecule has 1 N–H and O–H groups in total. The van der Waals surface area contributed by atoms with Gasteiger partial charge < -0.3 is 14.4 Å². The van der Waals surface area contributed by atoms with Crippen LogP contribution in [0.1, 0.15) is 12.8 Å². The van der Waals surface area contributed by atoms with E-state index >= 15 is 0 Å². The third-order valence-corrected chi connectivity index (χ3v) is 3.21. The van der Waals surface area contributed by atoms with Crippen molar-refractivity contribution in [2.75, 3.05) is 20.1 Å². The molecule has 2 rings (SSSR count). The zero-order valence-corrected chi connectivity index (χ0v) is 11.4. The minimum atomic E-state index is -0.782. The normalized spacial score (nSPS) is 11.3. The Kier molecular flexibility index (Phi) is 4.57. The van der Waals surface area contributed by atoms with E-state index in [2.05, 4.69) is 0 Å². The summed E-state index contributed by atoms with van der Waals surface area (Å²) in [5.41, 5.74) is 1.38. The predicted octanol–water partition coefficient (Wildman–Crippen LogP) is 1.39. The first-order valence-corrected chi connectivity index (χ1v) is 6.56. The quantitative estimate of drug-likeness (QED) is 0.828. The van der Waals surface area contributed by atoms with Crippen LogP contribution in [0.15, 0.2) is 33.5 Å². The molecule has 0 saturated heterocycles. The molecule has 6 nitrogen and oxygen atoms in total. The molecule has 1 aromatic heterocycles. The third kappa shape index (κ3) is 3.48. The maximum atomic E-state index is 11.8. The van der Waals surface area contributed by atoms with Crippen molar-refractivity contribution in [2.24, 2.45) is 0 Å². The molecule has 2 aromatic rings. The summed E-state index contributed by atoms with van der Waals surface area (Å²) in [6.45, 7) is 1.89. The molecule has 6 heteroatoms. The number of nitrogens with zero attached hydrogens (tertiary/aromatic N) is 2. The zero-order valence-electron chi connectivity index (χ0n) is 11.4. The SMILES string of the molecule is CN(CCCC(=O)O)CCn1c(=O)oc2ccccc21. The average molecular weight is 278 g/mol. The molecular weight excluding hydrogens is 260 g/mol. The molecule has 0 aliphatic carbocycles. The fourth-order valence-corrected chi connectivity index (χ4v) is 2.11. The van der Waals surface area contributed by atoms with Crippen LogP contribution in [0.5, 0.6) is 0 Å². The highest BCUT2D eigenvalue weighted by Gasteiger charge is 2.09. The highest BCUT2D eigenvalue weighted by atomic mass is 16.4. The number of hydrogen-bond acceptors (Lipinski definition) is 4. The van der Waals surface area contributed by atoms with E-state index in [-0.39, 0.29) is 12.2 Å². The summed E-state index contributed by atoms with van der Waals surface area (Å²) >= 11 is 0. The topological polar surface area (TPSA) is 75.7 Å². The van der Waals surface area contributed by atoms with Gasteiger partial charge in [0.05, 0.1) is 5.52 Å². The molecular formula is C14H18N2O4. The van der Waals surface area contributed by atoms with Gasteiger partial charge in [0, 0.05) is 19.5 Å². The Bertz CT molecular complexity index is 644. The maximum absolute atomic E-state index is 11.8. The molecule has 20 heavy (non-hydrogen) atoms. The van der Waals surface area contributed by atoms with Crippen molar-refractivity contribution in [3.8, 4) is 0 Å². The number of benzene rings is 1. The monoisotopic (exact) mass is 278 g/mol. The van der Waals surface area contributed by atoms with Gasteiger partial charge in [-0.25, -0.2) is 4.79 Å². The number of carbonyl (C=O) groups is 1. The summed E-state index contributed by atoms with van der Waals surface area (Å²) < 4.78 is 6.76. The van der Waals surface area contributed by atoms with E-state index in [1.54, 1.807) is 10.6 Å². The van der Waals surface area contributed by atoms with Crippen LogP contribution in [0.2, 0.25) is 0 Å². The van der Waals surface area contributed by atoms with Crippen molar-refractivity contribution in [1.29, 1.82) is 0 Å². The molecule has 0 aliphatic heterocycles. The van der Waals surface area contributed by atoms with Gasteiger partial charge in [-0.1, -0.05) is 12.1 Å². The molecule has 108 valence electrons. The van der Waals surface area contributed by atoms with Crippen LogP contribution in [0.25, 0.3) is 11.1 Å². The van der Waals surface area contributed by atoms with E-state index in [0.29, 0.717) is 31.6 Å². The first-order valence-electron chi connectivity index (χ1n) is 6.56. The van der Waals surface area contributed by atoms with Crippen molar-refractivity contribution in [2.45, 2.75) is 19.4 Å². The van der Waals surface area contributed by atoms with Gasteiger partial charge in [0.25, 0.3) is 0 Å². The summed E-state index contributed by atoms with van der Waals surface area (Å²) in [6, 6.07) is 7.31. The first kappa shape index (κ1) is 14.3. The van der Waals surface area contributed by atoms with E-state index in [4.69, 9.17) is 9.52 Å². The summed E-state index contributed by atoms with van der Waals surface area (Å²) in [6.07, 6.45) is 0.770. The number of aliphatic carboxylic acids is 1.